The van der Waals surface area contributed by atoms with Gasteiger partial charge in [-0.3, -0.25) is 4.65 Å². The minimum atomic E-state index is -5.11. The molecule has 0 aromatic rings. The zero-order chi connectivity index (χ0) is 11.2. The lowest BCUT2D eigenvalue weighted by molar-refractivity contribution is -0.319. The molecule has 76 valence electrons. The summed E-state index contributed by atoms with van der Waals surface area (Å²) in [5, 5.41) is 24.4. The molecule has 0 aromatic carbocycles. The maximum Gasteiger partial charge on any atom is 0.671 e. The largest absolute Gasteiger partial charge is 0.671 e. The molecule has 0 saturated carbocycles. The molecule has 0 atom stereocenters. The molecule has 0 aliphatic rings. The lowest BCUT2D eigenvalue weighted by Gasteiger charge is -2.09. The summed E-state index contributed by atoms with van der Waals surface area (Å²) in [5.41, 5.74) is 0. The van der Waals surface area contributed by atoms with Crippen LogP contribution in [0.5, 0.6) is 0 Å². The van der Waals surface area contributed by atoms with Gasteiger partial charge in [-0.2, -0.15) is 10.5 Å². The van der Waals surface area contributed by atoms with Crippen molar-refractivity contribution in [3.63, 3.8) is 0 Å². The van der Waals surface area contributed by atoms with Crippen molar-refractivity contribution in [1.29, 1.82) is 10.5 Å². The molecule has 0 radical (unpaired) electrons. The number of alkyl halides is 3. The molecule has 0 fully saturated rings. The van der Waals surface area contributed by atoms with Crippen LogP contribution in [0.15, 0.2) is 0 Å². The van der Waals surface area contributed by atoms with Crippen LogP contribution in [0.3, 0.4) is 0 Å². The summed E-state index contributed by atoms with van der Waals surface area (Å²) in [7, 11) is -2.75. The van der Waals surface area contributed by atoms with E-state index in [1.807, 2.05) is 0 Å². The summed E-state index contributed by atoms with van der Waals surface area (Å²) in [4.78, 5) is 7.28. The van der Waals surface area contributed by atoms with Crippen LogP contribution in [-0.4, -0.2) is 24.8 Å². The first-order valence-corrected chi connectivity index (χ1v) is 2.93. The summed E-state index contributed by atoms with van der Waals surface area (Å²) in [6.45, 7) is 0. The fraction of sp³-hybridized carbons (Fsp3) is 0.500. The van der Waals surface area contributed by atoms with Gasteiger partial charge in [-0.25, -0.2) is 9.69 Å². The van der Waals surface area contributed by atoms with E-state index in [4.69, 9.17) is 15.5 Å². The van der Waals surface area contributed by atoms with E-state index in [0.29, 0.717) is 0 Å². The highest BCUT2D eigenvalue weighted by molar-refractivity contribution is 6.34. The van der Waals surface area contributed by atoms with Crippen molar-refractivity contribution in [3.8, 4) is 12.1 Å². The first-order chi connectivity index (χ1) is 6.39. The van der Waals surface area contributed by atoms with Crippen molar-refractivity contribution < 1.29 is 32.5 Å². The van der Waals surface area contributed by atoms with E-state index in [1.165, 1.54) is 12.1 Å². The maximum atomic E-state index is 11.3. The van der Waals surface area contributed by atoms with Crippen molar-refractivity contribution in [2.24, 2.45) is 0 Å². The second-order valence-corrected chi connectivity index (χ2v) is 1.70. The average molecular weight is 210 g/mol. The van der Waals surface area contributed by atoms with Gasteiger partial charge in [-0.05, 0) is 0 Å². The fourth-order valence-corrected chi connectivity index (χ4v) is 0.309. The molecule has 0 rings (SSSR count). The summed E-state index contributed by atoms with van der Waals surface area (Å²) < 4.78 is 36.9. The number of nitrogens with zero attached hydrogens (tertiary/aromatic N) is 2. The number of hydrogen-bond donors (Lipinski definition) is 1. The van der Waals surface area contributed by atoms with Gasteiger partial charge in [-0.1, -0.05) is 0 Å². The van der Waals surface area contributed by atoms with Crippen LogP contribution in [0.1, 0.15) is 0 Å². The summed E-state index contributed by atoms with van der Waals surface area (Å²) in [6.07, 6.45) is -6.86. The number of nitriles is 2. The molecular weight excluding hydrogens is 208 g/mol. The van der Waals surface area contributed by atoms with Crippen molar-refractivity contribution in [2.45, 2.75) is 12.5 Å². The molecule has 6 nitrogen and oxygen atoms in total. The Morgan fingerprint density at radius 1 is 1.29 bits per heavy atom. The van der Waals surface area contributed by atoms with Gasteiger partial charge in [0.15, 0.2) is 0 Å². The van der Waals surface area contributed by atoms with E-state index < -0.39 is 19.8 Å². The Hall–Kier alpha value is -1.33. The SMILES string of the molecule is N#CC(C#N)OOB(O)OC(F)(F)F. The molecule has 0 aromatic heterocycles. The molecule has 1 N–H and O–H groups in total. The van der Waals surface area contributed by atoms with Crippen LogP contribution in [0, 0.1) is 22.7 Å². The van der Waals surface area contributed by atoms with Crippen LogP contribution in [-0.2, 0) is 14.3 Å². The minimum absolute atomic E-state index is 1.21. The van der Waals surface area contributed by atoms with Crippen LogP contribution in [0.4, 0.5) is 13.2 Å². The molecule has 10 heteroatoms. The number of hydrogen-bond acceptors (Lipinski definition) is 6. The topological polar surface area (TPSA) is 95.5 Å². The lowest BCUT2D eigenvalue weighted by atomic mass is 10.3. The third kappa shape index (κ3) is 6.22. The smallest absolute Gasteiger partial charge is 0.400 e. The Morgan fingerprint density at radius 2 is 1.79 bits per heavy atom. The molecule has 0 unspecified atom stereocenters. The summed E-state index contributed by atoms with van der Waals surface area (Å²) >= 11 is 0. The van der Waals surface area contributed by atoms with Gasteiger partial charge in [0.2, 0.25) is 0 Å². The quantitative estimate of drug-likeness (QED) is 0.394. The molecule has 0 heterocycles. The van der Waals surface area contributed by atoms with E-state index in [9.17, 15) is 13.2 Å². The monoisotopic (exact) mass is 210 g/mol. The zero-order valence-electron chi connectivity index (χ0n) is 6.35. The minimum Gasteiger partial charge on any atom is -0.400 e. The Labute approximate surface area is 76.1 Å². The Morgan fingerprint density at radius 3 is 2.14 bits per heavy atom. The van der Waals surface area contributed by atoms with E-state index in [2.05, 4.69) is 14.3 Å². The van der Waals surface area contributed by atoms with Gasteiger partial charge in [0.05, 0.1) is 0 Å². The number of halogens is 3. The first kappa shape index (κ1) is 12.7. The van der Waals surface area contributed by atoms with E-state index in [1.54, 1.807) is 0 Å². The molecular formula is C4H2BF3N2O4. The summed E-state index contributed by atoms with van der Waals surface area (Å²) in [6, 6.07) is 2.43. The second kappa shape index (κ2) is 5.41. The van der Waals surface area contributed by atoms with Crippen molar-refractivity contribution in [1.82, 2.24) is 0 Å². The maximum absolute atomic E-state index is 11.3. The van der Waals surface area contributed by atoms with Gasteiger partial charge in [0, 0.05) is 0 Å². The second-order valence-electron chi connectivity index (χ2n) is 1.70. The third-order valence-electron chi connectivity index (χ3n) is 0.703. The first-order valence-electron chi connectivity index (χ1n) is 2.93. The Kier molecular flexibility index (Phi) is 4.90. The Balaban J connectivity index is 3.82. The van der Waals surface area contributed by atoms with Gasteiger partial charge >= 0.3 is 13.7 Å². The molecule has 0 spiro atoms. The molecule has 0 aliphatic carbocycles. The third-order valence-corrected chi connectivity index (χ3v) is 0.703. The van der Waals surface area contributed by atoms with E-state index in [0.717, 1.165) is 0 Å². The predicted molar refractivity (Wildman–Crippen MR) is 32.3 cm³/mol. The van der Waals surface area contributed by atoms with Gasteiger partial charge < -0.3 is 5.02 Å². The van der Waals surface area contributed by atoms with Gasteiger partial charge in [0.1, 0.15) is 12.1 Å². The van der Waals surface area contributed by atoms with Crippen LogP contribution in [0.2, 0.25) is 0 Å². The van der Waals surface area contributed by atoms with Crippen molar-refractivity contribution >= 4 is 7.32 Å². The summed E-state index contributed by atoms with van der Waals surface area (Å²) in [5.74, 6) is 0. The highest BCUT2D eigenvalue weighted by atomic mass is 19.4. The predicted octanol–water partition coefficient (Wildman–Crippen LogP) is -0.136. The molecule has 0 aliphatic heterocycles. The van der Waals surface area contributed by atoms with Crippen LogP contribution >= 0.6 is 0 Å². The standard InChI is InChI=1S/C4H2BF3N2O4/c6-4(7,8)13-5(11)14-12-3(1-9)2-10/h3,11H. The normalized spacial score (nSPS) is 10.8. The van der Waals surface area contributed by atoms with Crippen LogP contribution in [0.25, 0.3) is 0 Å². The molecule has 14 heavy (non-hydrogen) atoms. The molecule has 0 bridgehead atoms. The van der Waals surface area contributed by atoms with E-state index >= 15 is 0 Å². The van der Waals surface area contributed by atoms with Crippen LogP contribution < -0.4 is 0 Å². The average Bonchev–Trinajstić information content (AvgIpc) is 2.03. The fourth-order valence-electron chi connectivity index (χ4n) is 0.309. The zero-order valence-corrected chi connectivity index (χ0v) is 6.35. The van der Waals surface area contributed by atoms with Crippen molar-refractivity contribution in [2.75, 3.05) is 0 Å². The van der Waals surface area contributed by atoms with Gasteiger partial charge in [0.25, 0.3) is 6.10 Å². The van der Waals surface area contributed by atoms with Crippen molar-refractivity contribution in [3.05, 3.63) is 0 Å². The molecule has 0 saturated heterocycles. The highest BCUT2D eigenvalue weighted by Gasteiger charge is 2.38. The lowest BCUT2D eigenvalue weighted by Crippen LogP contribution is -2.32. The Bertz CT molecular complexity index is 245. The van der Waals surface area contributed by atoms with Gasteiger partial charge in [-0.15, -0.1) is 13.2 Å². The van der Waals surface area contributed by atoms with E-state index in [-0.39, 0.29) is 0 Å². The number of rotatable bonds is 4. The highest BCUT2D eigenvalue weighted by Crippen LogP contribution is 2.17. The molecule has 0 amide bonds.